The molecule has 4 nitrogen and oxygen atoms in total. The Morgan fingerprint density at radius 2 is 2.25 bits per heavy atom. The molecule has 0 bridgehead atoms. The lowest BCUT2D eigenvalue weighted by molar-refractivity contribution is 0.0170. The molecule has 4 heteroatoms. The summed E-state index contributed by atoms with van der Waals surface area (Å²) >= 11 is 0. The molecule has 1 aliphatic heterocycles. The summed E-state index contributed by atoms with van der Waals surface area (Å²) in [6, 6.07) is 3.05. The minimum atomic E-state index is -0.266. The summed E-state index contributed by atoms with van der Waals surface area (Å²) in [7, 11) is 0. The molecule has 2 aliphatic rings. The quantitative estimate of drug-likeness (QED) is 0.767. The predicted molar refractivity (Wildman–Crippen MR) is 62.1 cm³/mol. The Morgan fingerprint density at radius 3 is 2.88 bits per heavy atom. The highest BCUT2D eigenvalue weighted by Crippen LogP contribution is 2.32. The van der Waals surface area contributed by atoms with Gasteiger partial charge in [0.15, 0.2) is 0 Å². The molecule has 1 saturated carbocycles. The van der Waals surface area contributed by atoms with E-state index in [4.69, 9.17) is 4.74 Å². The van der Waals surface area contributed by atoms with Crippen LogP contribution in [0.1, 0.15) is 26.2 Å². The van der Waals surface area contributed by atoms with Gasteiger partial charge < -0.3 is 4.74 Å². The molecule has 1 N–H and O–H groups in total. The average Bonchev–Trinajstić information content (AvgIpc) is 2.76. The van der Waals surface area contributed by atoms with E-state index in [1.54, 1.807) is 0 Å². The van der Waals surface area contributed by atoms with Gasteiger partial charge in [-0.15, -0.1) is 0 Å². The van der Waals surface area contributed by atoms with Gasteiger partial charge in [0.2, 0.25) is 0 Å². The molecule has 1 saturated heterocycles. The van der Waals surface area contributed by atoms with Crippen LogP contribution in [0.25, 0.3) is 0 Å². The lowest BCUT2D eigenvalue weighted by atomic mass is 9.99. The summed E-state index contributed by atoms with van der Waals surface area (Å²) in [5, 5.41) is 12.7. The number of hydrogen-bond donors (Lipinski definition) is 1. The van der Waals surface area contributed by atoms with Crippen LogP contribution in [0.4, 0.5) is 0 Å². The minimum absolute atomic E-state index is 0.266. The first kappa shape index (κ1) is 11.8. The van der Waals surface area contributed by atoms with E-state index in [-0.39, 0.29) is 5.54 Å². The summed E-state index contributed by atoms with van der Waals surface area (Å²) in [6.07, 6.45) is 3.09. The van der Waals surface area contributed by atoms with E-state index in [0.29, 0.717) is 6.04 Å². The van der Waals surface area contributed by atoms with E-state index >= 15 is 0 Å². The average molecular weight is 223 g/mol. The molecule has 1 aliphatic carbocycles. The van der Waals surface area contributed by atoms with Gasteiger partial charge in [0.05, 0.1) is 19.3 Å². The second-order valence-electron chi connectivity index (χ2n) is 4.77. The molecule has 1 heterocycles. The maximum atomic E-state index is 9.31. The van der Waals surface area contributed by atoms with Gasteiger partial charge in [-0.25, -0.2) is 0 Å². The lowest BCUT2D eigenvalue weighted by Crippen LogP contribution is -2.46. The molecule has 0 aromatic carbocycles. The Bertz CT molecular complexity index is 270. The number of nitrogens with one attached hydrogen (secondary N) is 1. The van der Waals surface area contributed by atoms with Crippen molar-refractivity contribution < 1.29 is 4.74 Å². The fourth-order valence-electron chi connectivity index (χ4n) is 2.91. The number of hydrogen-bond acceptors (Lipinski definition) is 4. The van der Waals surface area contributed by atoms with Crippen LogP contribution in [0.5, 0.6) is 0 Å². The fraction of sp³-hybridized carbons (Fsp3) is 0.917. The largest absolute Gasteiger partial charge is 0.379 e. The summed E-state index contributed by atoms with van der Waals surface area (Å²) in [5.41, 5.74) is -0.266. The molecule has 90 valence electrons. The standard InChI is InChI=1S/C12H21N3O/c1-2-14-12(10-13)4-3-11(9-12)15-5-7-16-8-6-15/h11,14H,2-9H2,1H3. The van der Waals surface area contributed by atoms with Gasteiger partial charge in [-0.3, -0.25) is 10.2 Å². The first-order valence-corrected chi connectivity index (χ1v) is 6.28. The highest BCUT2D eigenvalue weighted by atomic mass is 16.5. The SMILES string of the molecule is CCNC1(C#N)CCC(N2CCOCC2)C1. The first-order chi connectivity index (χ1) is 7.79. The van der Waals surface area contributed by atoms with Crippen molar-refractivity contribution in [2.45, 2.75) is 37.8 Å². The molecule has 2 unspecified atom stereocenters. The topological polar surface area (TPSA) is 48.3 Å². The van der Waals surface area contributed by atoms with Crippen molar-refractivity contribution in [3.8, 4) is 6.07 Å². The van der Waals surface area contributed by atoms with Crippen molar-refractivity contribution in [2.75, 3.05) is 32.8 Å². The van der Waals surface area contributed by atoms with Gasteiger partial charge in [-0.1, -0.05) is 6.92 Å². The third-order valence-corrected chi connectivity index (χ3v) is 3.78. The predicted octanol–water partition coefficient (Wildman–Crippen LogP) is 0.743. The summed E-state index contributed by atoms with van der Waals surface area (Å²) in [6.45, 7) is 6.69. The van der Waals surface area contributed by atoms with Crippen LogP contribution in [0.3, 0.4) is 0 Å². The molecule has 2 atom stereocenters. The molecular weight excluding hydrogens is 202 g/mol. The molecular formula is C12H21N3O. The molecule has 0 radical (unpaired) electrons. The first-order valence-electron chi connectivity index (χ1n) is 6.28. The third-order valence-electron chi connectivity index (χ3n) is 3.78. The summed E-state index contributed by atoms with van der Waals surface area (Å²) in [5.74, 6) is 0. The number of morpholine rings is 1. The summed E-state index contributed by atoms with van der Waals surface area (Å²) in [4.78, 5) is 2.49. The number of nitriles is 1. The van der Waals surface area contributed by atoms with Crippen molar-refractivity contribution >= 4 is 0 Å². The van der Waals surface area contributed by atoms with Gasteiger partial charge in [0, 0.05) is 19.1 Å². The highest BCUT2D eigenvalue weighted by molar-refractivity contribution is 5.13. The van der Waals surface area contributed by atoms with Gasteiger partial charge >= 0.3 is 0 Å². The van der Waals surface area contributed by atoms with E-state index in [1.807, 2.05) is 0 Å². The van der Waals surface area contributed by atoms with E-state index in [9.17, 15) is 5.26 Å². The van der Waals surface area contributed by atoms with Crippen molar-refractivity contribution in [2.24, 2.45) is 0 Å². The Balaban J connectivity index is 1.93. The molecule has 16 heavy (non-hydrogen) atoms. The minimum Gasteiger partial charge on any atom is -0.379 e. The molecule has 0 aromatic heterocycles. The van der Waals surface area contributed by atoms with E-state index in [0.717, 1.165) is 52.1 Å². The number of nitrogens with zero attached hydrogens (tertiary/aromatic N) is 2. The maximum absolute atomic E-state index is 9.31. The van der Waals surface area contributed by atoms with Crippen molar-refractivity contribution in [3.63, 3.8) is 0 Å². The third kappa shape index (κ3) is 2.37. The molecule has 0 spiro atoms. The van der Waals surface area contributed by atoms with E-state index in [2.05, 4.69) is 23.2 Å². The zero-order valence-electron chi connectivity index (χ0n) is 10.0. The fourth-order valence-corrected chi connectivity index (χ4v) is 2.91. The van der Waals surface area contributed by atoms with Crippen LogP contribution < -0.4 is 5.32 Å². The lowest BCUT2D eigenvalue weighted by Gasteiger charge is -2.33. The smallest absolute Gasteiger partial charge is 0.108 e. The Hall–Kier alpha value is -0.630. The Labute approximate surface area is 97.6 Å². The molecule has 2 rings (SSSR count). The summed E-state index contributed by atoms with van der Waals surface area (Å²) < 4.78 is 5.36. The molecule has 0 aromatic rings. The van der Waals surface area contributed by atoms with Crippen LogP contribution >= 0.6 is 0 Å². The Morgan fingerprint density at radius 1 is 1.50 bits per heavy atom. The normalized spacial score (nSPS) is 36.1. The zero-order chi connectivity index (χ0) is 11.4. The monoisotopic (exact) mass is 223 g/mol. The zero-order valence-corrected chi connectivity index (χ0v) is 10.0. The number of ether oxygens (including phenoxy) is 1. The molecule has 0 amide bonds. The van der Waals surface area contributed by atoms with Gasteiger partial charge in [-0.2, -0.15) is 5.26 Å². The van der Waals surface area contributed by atoms with Crippen LogP contribution in [0.2, 0.25) is 0 Å². The maximum Gasteiger partial charge on any atom is 0.108 e. The van der Waals surface area contributed by atoms with Gasteiger partial charge in [-0.05, 0) is 25.8 Å². The van der Waals surface area contributed by atoms with Crippen LogP contribution in [0.15, 0.2) is 0 Å². The van der Waals surface area contributed by atoms with E-state index < -0.39 is 0 Å². The highest BCUT2D eigenvalue weighted by Gasteiger charge is 2.41. The van der Waals surface area contributed by atoms with Gasteiger partial charge in [0.25, 0.3) is 0 Å². The molecule has 2 fully saturated rings. The van der Waals surface area contributed by atoms with Crippen molar-refractivity contribution in [1.82, 2.24) is 10.2 Å². The second kappa shape index (κ2) is 5.13. The van der Waals surface area contributed by atoms with Crippen molar-refractivity contribution in [3.05, 3.63) is 0 Å². The van der Waals surface area contributed by atoms with Gasteiger partial charge in [0.1, 0.15) is 5.54 Å². The number of rotatable bonds is 3. The van der Waals surface area contributed by atoms with Crippen molar-refractivity contribution in [1.29, 1.82) is 5.26 Å². The van der Waals surface area contributed by atoms with Crippen LogP contribution in [0, 0.1) is 11.3 Å². The van der Waals surface area contributed by atoms with Crippen LogP contribution in [-0.2, 0) is 4.74 Å². The van der Waals surface area contributed by atoms with E-state index in [1.165, 1.54) is 0 Å². The second-order valence-corrected chi connectivity index (χ2v) is 4.77. The van der Waals surface area contributed by atoms with Crippen LogP contribution in [-0.4, -0.2) is 49.3 Å². The Kier molecular flexibility index (Phi) is 3.80.